The normalized spacial score (nSPS) is 17.2. The van der Waals surface area contributed by atoms with Gasteiger partial charge < -0.3 is 4.74 Å². The Kier molecular flexibility index (Phi) is 4.11. The van der Waals surface area contributed by atoms with Gasteiger partial charge in [0.2, 0.25) is 0 Å². The van der Waals surface area contributed by atoms with E-state index in [-0.39, 0.29) is 0 Å². The Labute approximate surface area is 107 Å². The third kappa shape index (κ3) is 3.25. The molecule has 0 radical (unpaired) electrons. The number of carbonyl (C=O) groups excluding carboxylic acids is 1. The minimum Gasteiger partial charge on any atom is -0.497 e. The van der Waals surface area contributed by atoms with E-state index in [0.29, 0.717) is 11.0 Å². The highest BCUT2D eigenvalue weighted by Crippen LogP contribution is 2.35. The van der Waals surface area contributed by atoms with E-state index in [2.05, 4.69) is 19.1 Å². The third-order valence-electron chi connectivity index (χ3n) is 3.17. The van der Waals surface area contributed by atoms with Crippen molar-refractivity contribution in [2.45, 2.75) is 42.8 Å². The fourth-order valence-electron chi connectivity index (χ4n) is 2.09. The molecule has 0 N–H and O–H groups in total. The molecular weight excluding hydrogens is 232 g/mol. The Morgan fingerprint density at radius 1 is 1.29 bits per heavy atom. The molecule has 1 aliphatic rings. The van der Waals surface area contributed by atoms with Gasteiger partial charge in [0.25, 0.3) is 0 Å². The van der Waals surface area contributed by atoms with Gasteiger partial charge in [0.05, 0.1) is 7.11 Å². The standard InChI is InChI=1S/C14H18O2S/c1-10-9-12(16-2)5-8-14(10)17-13-6-3-11(15)4-7-13/h5,8-9,13H,3-4,6-7H2,1-2H3. The van der Waals surface area contributed by atoms with Crippen molar-refractivity contribution < 1.29 is 9.53 Å². The highest BCUT2D eigenvalue weighted by atomic mass is 32.2. The summed E-state index contributed by atoms with van der Waals surface area (Å²) in [4.78, 5) is 12.5. The number of carbonyl (C=O) groups is 1. The van der Waals surface area contributed by atoms with Gasteiger partial charge in [0.15, 0.2) is 0 Å². The Balaban J connectivity index is 2.01. The van der Waals surface area contributed by atoms with E-state index in [4.69, 9.17) is 4.74 Å². The van der Waals surface area contributed by atoms with Crippen LogP contribution in [0.2, 0.25) is 0 Å². The average molecular weight is 250 g/mol. The smallest absolute Gasteiger partial charge is 0.132 e. The summed E-state index contributed by atoms with van der Waals surface area (Å²) >= 11 is 1.90. The molecule has 0 saturated heterocycles. The summed E-state index contributed by atoms with van der Waals surface area (Å²) in [6.45, 7) is 2.11. The first kappa shape index (κ1) is 12.5. The molecule has 3 heteroatoms. The molecule has 1 aromatic rings. The van der Waals surface area contributed by atoms with Crippen molar-refractivity contribution in [1.82, 2.24) is 0 Å². The van der Waals surface area contributed by atoms with Crippen molar-refractivity contribution in [3.8, 4) is 5.75 Å². The van der Waals surface area contributed by atoms with E-state index in [1.54, 1.807) is 7.11 Å². The van der Waals surface area contributed by atoms with E-state index >= 15 is 0 Å². The second-order valence-corrected chi connectivity index (χ2v) is 5.83. The molecule has 0 bridgehead atoms. The summed E-state index contributed by atoms with van der Waals surface area (Å²) in [6.07, 6.45) is 3.56. The predicted molar refractivity (Wildman–Crippen MR) is 70.9 cm³/mol. The molecule has 0 atom stereocenters. The van der Waals surface area contributed by atoms with Crippen LogP contribution >= 0.6 is 11.8 Å². The molecule has 2 rings (SSSR count). The first-order valence-electron chi connectivity index (χ1n) is 6.02. The zero-order chi connectivity index (χ0) is 12.3. The first-order chi connectivity index (χ1) is 8.19. The minimum atomic E-state index is 0.424. The highest BCUT2D eigenvalue weighted by molar-refractivity contribution is 8.00. The summed E-state index contributed by atoms with van der Waals surface area (Å²) in [5.74, 6) is 1.33. The maximum Gasteiger partial charge on any atom is 0.132 e. The van der Waals surface area contributed by atoms with Gasteiger partial charge in [-0.25, -0.2) is 0 Å². The van der Waals surface area contributed by atoms with Gasteiger partial charge in [0.1, 0.15) is 11.5 Å². The van der Waals surface area contributed by atoms with Gasteiger partial charge in [-0.2, -0.15) is 0 Å². The quantitative estimate of drug-likeness (QED) is 0.819. The van der Waals surface area contributed by atoms with E-state index < -0.39 is 0 Å². The summed E-state index contributed by atoms with van der Waals surface area (Å²) in [5.41, 5.74) is 1.26. The lowest BCUT2D eigenvalue weighted by Gasteiger charge is -2.21. The molecule has 17 heavy (non-hydrogen) atoms. The lowest BCUT2D eigenvalue weighted by Crippen LogP contribution is -2.15. The number of Topliss-reactive ketones (excluding diaryl/α,β-unsaturated/α-hetero) is 1. The number of methoxy groups -OCH3 is 1. The Bertz CT molecular complexity index is 405. The van der Waals surface area contributed by atoms with E-state index in [0.717, 1.165) is 31.4 Å². The number of thioether (sulfide) groups is 1. The predicted octanol–water partition coefficient (Wildman–Crippen LogP) is 3.61. The van der Waals surface area contributed by atoms with Crippen LogP contribution in [0.3, 0.4) is 0 Å². The zero-order valence-corrected chi connectivity index (χ0v) is 11.2. The monoisotopic (exact) mass is 250 g/mol. The van der Waals surface area contributed by atoms with E-state index in [1.807, 2.05) is 17.8 Å². The van der Waals surface area contributed by atoms with Crippen molar-refractivity contribution in [1.29, 1.82) is 0 Å². The van der Waals surface area contributed by atoms with Crippen LogP contribution in [0.4, 0.5) is 0 Å². The van der Waals surface area contributed by atoms with Gasteiger partial charge >= 0.3 is 0 Å². The molecule has 0 unspecified atom stereocenters. The maximum absolute atomic E-state index is 11.2. The van der Waals surface area contributed by atoms with Crippen LogP contribution in [-0.4, -0.2) is 18.1 Å². The summed E-state index contributed by atoms with van der Waals surface area (Å²) in [7, 11) is 1.69. The molecule has 1 saturated carbocycles. The third-order valence-corrected chi connectivity index (χ3v) is 4.68. The van der Waals surface area contributed by atoms with Crippen LogP contribution in [0.15, 0.2) is 23.1 Å². The average Bonchev–Trinajstić information content (AvgIpc) is 2.34. The topological polar surface area (TPSA) is 26.3 Å². The van der Waals surface area contributed by atoms with Crippen LogP contribution in [0.25, 0.3) is 0 Å². The molecule has 0 amide bonds. The van der Waals surface area contributed by atoms with Gasteiger partial charge in [-0.3, -0.25) is 4.79 Å². The second-order valence-electron chi connectivity index (χ2n) is 4.49. The number of aryl methyl sites for hydroxylation is 1. The number of benzene rings is 1. The highest BCUT2D eigenvalue weighted by Gasteiger charge is 2.20. The fourth-order valence-corrected chi connectivity index (χ4v) is 3.31. The van der Waals surface area contributed by atoms with Crippen molar-refractivity contribution >= 4 is 17.5 Å². The van der Waals surface area contributed by atoms with Gasteiger partial charge in [-0.15, -0.1) is 11.8 Å². The van der Waals surface area contributed by atoms with Crippen LogP contribution < -0.4 is 4.74 Å². The van der Waals surface area contributed by atoms with Crippen LogP contribution in [-0.2, 0) is 4.79 Å². The number of hydrogen-bond donors (Lipinski definition) is 0. The molecule has 92 valence electrons. The molecule has 1 aliphatic carbocycles. The van der Waals surface area contributed by atoms with E-state index in [1.165, 1.54) is 10.5 Å². The summed E-state index contributed by atoms with van der Waals surface area (Å²) in [6, 6.07) is 6.19. The van der Waals surface area contributed by atoms with Crippen molar-refractivity contribution in [2.75, 3.05) is 7.11 Å². The molecule has 0 aliphatic heterocycles. The van der Waals surface area contributed by atoms with Crippen molar-refractivity contribution in [3.05, 3.63) is 23.8 Å². The molecule has 1 aromatic carbocycles. The first-order valence-corrected chi connectivity index (χ1v) is 6.90. The summed E-state index contributed by atoms with van der Waals surface area (Å²) < 4.78 is 5.20. The van der Waals surface area contributed by atoms with E-state index in [9.17, 15) is 4.79 Å². The second kappa shape index (κ2) is 5.58. The molecule has 0 spiro atoms. The summed E-state index contributed by atoms with van der Waals surface area (Å²) in [5, 5.41) is 0.597. The Morgan fingerprint density at radius 2 is 2.00 bits per heavy atom. The largest absolute Gasteiger partial charge is 0.497 e. The number of ketones is 1. The van der Waals surface area contributed by atoms with Gasteiger partial charge in [0, 0.05) is 23.0 Å². The lowest BCUT2D eigenvalue weighted by atomic mass is 9.99. The number of hydrogen-bond acceptors (Lipinski definition) is 3. The SMILES string of the molecule is COc1ccc(SC2CCC(=O)CC2)c(C)c1. The van der Waals surface area contributed by atoms with Crippen molar-refractivity contribution in [2.24, 2.45) is 0 Å². The van der Waals surface area contributed by atoms with Gasteiger partial charge in [-0.05, 0) is 43.5 Å². The zero-order valence-electron chi connectivity index (χ0n) is 10.4. The molecule has 2 nitrogen and oxygen atoms in total. The fraction of sp³-hybridized carbons (Fsp3) is 0.500. The van der Waals surface area contributed by atoms with Gasteiger partial charge in [-0.1, -0.05) is 0 Å². The molecule has 0 heterocycles. The van der Waals surface area contributed by atoms with Crippen LogP contribution in [0, 0.1) is 6.92 Å². The Morgan fingerprint density at radius 3 is 2.59 bits per heavy atom. The van der Waals surface area contributed by atoms with Crippen LogP contribution in [0.1, 0.15) is 31.2 Å². The van der Waals surface area contributed by atoms with Crippen LogP contribution in [0.5, 0.6) is 5.75 Å². The lowest BCUT2D eigenvalue weighted by molar-refractivity contribution is -0.120. The Hall–Kier alpha value is -0.960. The maximum atomic E-state index is 11.2. The number of rotatable bonds is 3. The van der Waals surface area contributed by atoms with Crippen molar-refractivity contribution in [3.63, 3.8) is 0 Å². The minimum absolute atomic E-state index is 0.424. The molecule has 1 fully saturated rings. The molecular formula is C14H18O2S. The molecule has 0 aromatic heterocycles. The number of ether oxygens (including phenoxy) is 1.